The second-order valence-electron chi connectivity index (χ2n) is 2.45. The zero-order valence-corrected chi connectivity index (χ0v) is 6.69. The molecular formula is C9H18. The molecule has 9 heavy (non-hydrogen) atoms. The molecule has 0 saturated carbocycles. The van der Waals surface area contributed by atoms with Gasteiger partial charge in [0.15, 0.2) is 0 Å². The lowest BCUT2D eigenvalue weighted by Crippen LogP contribution is -1.77. The van der Waals surface area contributed by atoms with Gasteiger partial charge < -0.3 is 0 Å². The molecule has 0 saturated heterocycles. The van der Waals surface area contributed by atoms with Crippen LogP contribution in [-0.2, 0) is 0 Å². The van der Waals surface area contributed by atoms with Crippen molar-refractivity contribution in [1.82, 2.24) is 0 Å². The fourth-order valence-electron chi connectivity index (χ4n) is 0.874. The fourth-order valence-corrected chi connectivity index (χ4v) is 0.874. The summed E-state index contributed by atoms with van der Waals surface area (Å²) in [5.41, 5.74) is 0. The van der Waals surface area contributed by atoms with Gasteiger partial charge in [0.2, 0.25) is 0 Å². The lowest BCUT2D eigenvalue weighted by molar-refractivity contribution is 0.669. The first-order valence-electron chi connectivity index (χ1n) is 3.97. The van der Waals surface area contributed by atoms with Crippen LogP contribution < -0.4 is 0 Å². The highest BCUT2D eigenvalue weighted by Gasteiger charge is 1.86. The van der Waals surface area contributed by atoms with Gasteiger partial charge in [-0.05, 0) is 12.8 Å². The van der Waals surface area contributed by atoms with Crippen LogP contribution in [0.5, 0.6) is 0 Å². The Balaban J connectivity index is 2.60. The fraction of sp³-hybridized carbons (Fsp3) is 0.778. The summed E-state index contributed by atoms with van der Waals surface area (Å²) in [6.45, 7) is 4.26. The Morgan fingerprint density at radius 1 is 0.778 bits per heavy atom. The highest BCUT2D eigenvalue weighted by atomic mass is 13.9. The van der Waals surface area contributed by atoms with Crippen LogP contribution in [0, 0.1) is 12.8 Å². The molecule has 54 valence electrons. The minimum Gasteiger partial charge on any atom is -0.0623 e. The molecule has 0 fully saturated rings. The van der Waals surface area contributed by atoms with E-state index in [-0.39, 0.29) is 0 Å². The Labute approximate surface area is 59.7 Å². The third-order valence-electron chi connectivity index (χ3n) is 1.49. The predicted molar refractivity (Wildman–Crippen MR) is 43.0 cm³/mol. The van der Waals surface area contributed by atoms with Gasteiger partial charge in [0.25, 0.3) is 0 Å². The molecule has 0 aliphatic heterocycles. The Morgan fingerprint density at radius 3 is 1.56 bits per heavy atom. The normalized spacial score (nSPS) is 10.0. The van der Waals surface area contributed by atoms with Crippen LogP contribution in [-0.4, -0.2) is 0 Å². The molecule has 0 spiro atoms. The van der Waals surface area contributed by atoms with Crippen molar-refractivity contribution < 1.29 is 0 Å². The maximum absolute atomic E-state index is 2.25. The third kappa shape index (κ3) is 8.00. The van der Waals surface area contributed by atoms with E-state index in [0.29, 0.717) is 0 Å². The molecule has 0 heterocycles. The van der Waals surface area contributed by atoms with Crippen molar-refractivity contribution in [2.75, 3.05) is 0 Å². The molecule has 0 aliphatic carbocycles. The van der Waals surface area contributed by atoms with Crippen LogP contribution in [0.1, 0.15) is 46.0 Å². The lowest BCUT2D eigenvalue weighted by atomic mass is 10.1. The van der Waals surface area contributed by atoms with Crippen LogP contribution in [0.15, 0.2) is 0 Å². The minimum atomic E-state index is 1.30. The van der Waals surface area contributed by atoms with Gasteiger partial charge in [0, 0.05) is 0 Å². The molecule has 0 N–H and O–H groups in total. The smallest absolute Gasteiger partial charge is 0.0417 e. The van der Waals surface area contributed by atoms with Crippen LogP contribution in [0.25, 0.3) is 0 Å². The van der Waals surface area contributed by atoms with Gasteiger partial charge in [-0.3, -0.25) is 0 Å². The summed E-state index contributed by atoms with van der Waals surface area (Å²) in [5.74, 6) is 0. The molecule has 0 rings (SSSR count). The molecule has 0 atom stereocenters. The van der Waals surface area contributed by atoms with Gasteiger partial charge >= 0.3 is 0 Å². The SMILES string of the molecule is C[CH]CCCCC[CH]C. The highest BCUT2D eigenvalue weighted by Crippen LogP contribution is 2.04. The van der Waals surface area contributed by atoms with Crippen molar-refractivity contribution >= 4 is 0 Å². The molecule has 0 bridgehead atoms. The summed E-state index contributed by atoms with van der Waals surface area (Å²) in [6, 6.07) is 0. The van der Waals surface area contributed by atoms with E-state index in [0.717, 1.165) is 0 Å². The monoisotopic (exact) mass is 126 g/mol. The minimum absolute atomic E-state index is 1.30. The van der Waals surface area contributed by atoms with Crippen molar-refractivity contribution in [1.29, 1.82) is 0 Å². The van der Waals surface area contributed by atoms with Gasteiger partial charge in [-0.25, -0.2) is 0 Å². The molecular weight excluding hydrogens is 108 g/mol. The summed E-state index contributed by atoms with van der Waals surface area (Å²) in [6.07, 6.45) is 11.2. The molecule has 0 amide bonds. The average molecular weight is 126 g/mol. The van der Waals surface area contributed by atoms with Gasteiger partial charge in [0.1, 0.15) is 0 Å². The number of hydrogen-bond acceptors (Lipinski definition) is 0. The summed E-state index contributed by atoms with van der Waals surface area (Å²) < 4.78 is 0. The van der Waals surface area contributed by atoms with E-state index in [1.807, 2.05) is 0 Å². The molecule has 2 radical (unpaired) electrons. The predicted octanol–water partition coefficient (Wildman–Crippen LogP) is 3.39. The molecule has 0 aromatic heterocycles. The Hall–Kier alpha value is 0. The van der Waals surface area contributed by atoms with E-state index in [9.17, 15) is 0 Å². The zero-order chi connectivity index (χ0) is 6.95. The number of rotatable bonds is 6. The summed E-state index contributed by atoms with van der Waals surface area (Å²) in [4.78, 5) is 0. The van der Waals surface area contributed by atoms with E-state index < -0.39 is 0 Å². The summed E-state index contributed by atoms with van der Waals surface area (Å²) >= 11 is 0. The highest BCUT2D eigenvalue weighted by molar-refractivity contribution is 4.58. The van der Waals surface area contributed by atoms with Gasteiger partial charge in [-0.15, -0.1) is 0 Å². The largest absolute Gasteiger partial charge is 0.0623 e. The number of hydrogen-bond donors (Lipinski definition) is 0. The van der Waals surface area contributed by atoms with Crippen LogP contribution in [0.2, 0.25) is 0 Å². The van der Waals surface area contributed by atoms with E-state index in [2.05, 4.69) is 26.7 Å². The Kier molecular flexibility index (Phi) is 8.00. The second kappa shape index (κ2) is 8.00. The third-order valence-corrected chi connectivity index (χ3v) is 1.49. The molecule has 0 nitrogen and oxygen atoms in total. The van der Waals surface area contributed by atoms with Crippen molar-refractivity contribution in [3.63, 3.8) is 0 Å². The molecule has 0 unspecified atom stereocenters. The quantitative estimate of drug-likeness (QED) is 0.478. The Bertz CT molecular complexity index is 33.3. The van der Waals surface area contributed by atoms with Crippen LogP contribution in [0.3, 0.4) is 0 Å². The van der Waals surface area contributed by atoms with Crippen molar-refractivity contribution in [3.8, 4) is 0 Å². The van der Waals surface area contributed by atoms with E-state index in [4.69, 9.17) is 0 Å². The van der Waals surface area contributed by atoms with Gasteiger partial charge in [-0.2, -0.15) is 0 Å². The topological polar surface area (TPSA) is 0 Å². The van der Waals surface area contributed by atoms with Gasteiger partial charge in [-0.1, -0.05) is 46.0 Å². The first kappa shape index (κ1) is 9.00. The van der Waals surface area contributed by atoms with Crippen molar-refractivity contribution in [2.45, 2.75) is 46.0 Å². The van der Waals surface area contributed by atoms with Crippen molar-refractivity contribution in [3.05, 3.63) is 12.8 Å². The maximum atomic E-state index is 2.25. The lowest BCUT2D eigenvalue weighted by Gasteiger charge is -1.95. The molecule has 0 heteroatoms. The zero-order valence-electron chi connectivity index (χ0n) is 6.69. The summed E-state index contributed by atoms with van der Waals surface area (Å²) in [7, 11) is 0. The van der Waals surface area contributed by atoms with Gasteiger partial charge in [0.05, 0.1) is 0 Å². The van der Waals surface area contributed by atoms with E-state index in [1.165, 1.54) is 32.1 Å². The summed E-state index contributed by atoms with van der Waals surface area (Å²) in [5, 5.41) is 0. The van der Waals surface area contributed by atoms with Crippen LogP contribution in [0.4, 0.5) is 0 Å². The van der Waals surface area contributed by atoms with E-state index in [1.54, 1.807) is 0 Å². The number of unbranched alkanes of at least 4 members (excludes halogenated alkanes) is 6. The Morgan fingerprint density at radius 2 is 1.22 bits per heavy atom. The second-order valence-corrected chi connectivity index (χ2v) is 2.45. The molecule has 0 aliphatic rings. The standard InChI is InChI=1S/C9H18/c1-3-5-7-9-8-6-4-2/h3-4H,5-9H2,1-2H3. The first-order valence-corrected chi connectivity index (χ1v) is 3.97. The van der Waals surface area contributed by atoms with Crippen molar-refractivity contribution in [2.24, 2.45) is 0 Å². The van der Waals surface area contributed by atoms with E-state index >= 15 is 0 Å². The van der Waals surface area contributed by atoms with Crippen LogP contribution >= 0.6 is 0 Å². The molecule has 0 aromatic carbocycles. The average Bonchev–Trinajstić information content (AvgIpc) is 1.89. The maximum Gasteiger partial charge on any atom is -0.0417 e. The molecule has 0 aromatic rings. The first-order chi connectivity index (χ1) is 4.41.